The van der Waals surface area contributed by atoms with Gasteiger partial charge in [-0.25, -0.2) is 19.6 Å². The predicted molar refractivity (Wildman–Crippen MR) is 151 cm³/mol. The normalized spacial score (nSPS) is 18.5. The van der Waals surface area contributed by atoms with Gasteiger partial charge in [0, 0.05) is 51.0 Å². The molecule has 0 bridgehead atoms. The van der Waals surface area contributed by atoms with Gasteiger partial charge < -0.3 is 19.4 Å². The van der Waals surface area contributed by atoms with Crippen molar-refractivity contribution in [3.05, 3.63) is 48.3 Å². The number of likely N-dealkylation sites (N-methyl/N-ethyl adjacent to an activating group) is 1. The fourth-order valence-electron chi connectivity index (χ4n) is 5.10. The van der Waals surface area contributed by atoms with Gasteiger partial charge in [0.1, 0.15) is 17.7 Å². The number of amides is 3. The van der Waals surface area contributed by atoms with Crippen LogP contribution in [0.4, 0.5) is 27.2 Å². The van der Waals surface area contributed by atoms with Crippen LogP contribution >= 0.6 is 0 Å². The van der Waals surface area contributed by atoms with Crippen molar-refractivity contribution in [3.8, 4) is 0 Å². The largest absolute Gasteiger partial charge is 0.446 e. The van der Waals surface area contributed by atoms with Gasteiger partial charge in [-0.05, 0) is 63.2 Å². The van der Waals surface area contributed by atoms with E-state index in [2.05, 4.69) is 43.6 Å². The third kappa shape index (κ3) is 6.72. The van der Waals surface area contributed by atoms with E-state index < -0.39 is 6.09 Å². The summed E-state index contributed by atoms with van der Waals surface area (Å²) in [4.78, 5) is 44.9. The summed E-state index contributed by atoms with van der Waals surface area (Å²) >= 11 is 0. The van der Waals surface area contributed by atoms with Crippen LogP contribution in [-0.2, 0) is 4.74 Å². The monoisotopic (exact) mass is 532 g/mol. The molecule has 1 aromatic carbocycles. The van der Waals surface area contributed by atoms with Crippen LogP contribution in [0.15, 0.2) is 42.7 Å². The van der Waals surface area contributed by atoms with Crippen molar-refractivity contribution in [2.75, 3.05) is 55.8 Å². The van der Waals surface area contributed by atoms with Crippen LogP contribution in [0.2, 0.25) is 0 Å². The number of carbonyl (C=O) groups is 2. The summed E-state index contributed by atoms with van der Waals surface area (Å²) in [7, 11) is 3.86. The summed E-state index contributed by atoms with van der Waals surface area (Å²) in [6, 6.07) is 9.44. The molecule has 0 saturated carbocycles. The van der Waals surface area contributed by atoms with Crippen LogP contribution in [0, 0.1) is 6.92 Å². The number of pyridine rings is 1. The predicted octanol–water partition coefficient (Wildman–Crippen LogP) is 4.11. The van der Waals surface area contributed by atoms with Crippen LogP contribution in [0.1, 0.15) is 31.2 Å². The van der Waals surface area contributed by atoms with E-state index in [1.807, 2.05) is 30.0 Å². The van der Waals surface area contributed by atoms with Crippen LogP contribution in [0.25, 0.3) is 10.8 Å². The van der Waals surface area contributed by atoms with Gasteiger partial charge >= 0.3 is 12.1 Å². The van der Waals surface area contributed by atoms with Gasteiger partial charge in [0.05, 0.1) is 6.04 Å². The Hall–Kier alpha value is -3.99. The molecule has 5 rings (SSSR count). The zero-order chi connectivity index (χ0) is 27.4. The van der Waals surface area contributed by atoms with Crippen molar-refractivity contribution in [1.29, 1.82) is 0 Å². The molecule has 1 atom stereocenters. The maximum Gasteiger partial charge on any atom is 0.413 e. The number of nitrogens with one attached hydrogen (secondary N) is 2. The van der Waals surface area contributed by atoms with Crippen LogP contribution in [-0.4, -0.2) is 89.3 Å². The first kappa shape index (κ1) is 26.6. The molecule has 0 aliphatic carbocycles. The molecule has 2 aliphatic rings. The molecule has 0 spiro atoms. The summed E-state index contributed by atoms with van der Waals surface area (Å²) in [6.45, 7) is 5.22. The van der Waals surface area contributed by atoms with Crippen LogP contribution in [0.5, 0.6) is 0 Å². The molecule has 2 aromatic heterocycles. The lowest BCUT2D eigenvalue weighted by Crippen LogP contribution is -2.50. The number of benzene rings is 1. The summed E-state index contributed by atoms with van der Waals surface area (Å²) in [5.74, 6) is 1.42. The Morgan fingerprint density at radius 1 is 1.00 bits per heavy atom. The second-order valence-corrected chi connectivity index (χ2v) is 10.5. The molecule has 39 heavy (non-hydrogen) atoms. The highest BCUT2D eigenvalue weighted by molar-refractivity contribution is 5.92. The first-order valence-corrected chi connectivity index (χ1v) is 13.5. The minimum atomic E-state index is -0.500. The van der Waals surface area contributed by atoms with Gasteiger partial charge in [-0.1, -0.05) is 17.7 Å². The van der Waals surface area contributed by atoms with Crippen molar-refractivity contribution in [2.24, 2.45) is 0 Å². The van der Waals surface area contributed by atoms with E-state index in [1.54, 1.807) is 30.4 Å². The molecule has 4 heterocycles. The van der Waals surface area contributed by atoms with Gasteiger partial charge in [0.2, 0.25) is 5.95 Å². The van der Waals surface area contributed by atoms with E-state index in [1.165, 1.54) is 5.56 Å². The topological polar surface area (TPSA) is 116 Å². The Kier molecular flexibility index (Phi) is 8.06. The first-order chi connectivity index (χ1) is 18.8. The third-order valence-corrected chi connectivity index (χ3v) is 7.47. The quantitative estimate of drug-likeness (QED) is 0.505. The molecule has 2 saturated heterocycles. The average Bonchev–Trinajstić information content (AvgIpc) is 2.94. The standard InChI is InChI=1S/C28H36N8O3/c1-19-6-7-20-16-25(30-17-21(20)15-19)32-27(37)35(3)22-5-4-12-36(18-22)26-29-11-8-24(31-26)33-28(38)39-23-9-13-34(2)14-10-23/h6-8,11,15-17,22-23H,4-5,9-10,12-14,18H2,1-3H3,(H,30,32,37)(H,29,31,33,38)/t22-/m1/s1. The Balaban J connectivity index is 1.17. The van der Waals surface area contributed by atoms with Crippen molar-refractivity contribution >= 4 is 40.5 Å². The molecular formula is C28H36N8O3. The summed E-state index contributed by atoms with van der Waals surface area (Å²) in [6.07, 6.45) is 6.22. The number of carbonyl (C=O) groups excluding carboxylic acids is 2. The number of aromatic nitrogens is 3. The fraction of sp³-hybridized carbons (Fsp3) is 0.464. The van der Waals surface area contributed by atoms with E-state index in [4.69, 9.17) is 4.74 Å². The highest BCUT2D eigenvalue weighted by Gasteiger charge is 2.28. The summed E-state index contributed by atoms with van der Waals surface area (Å²) in [5.41, 5.74) is 1.17. The number of hydrogen-bond donors (Lipinski definition) is 2. The molecule has 11 nitrogen and oxygen atoms in total. The van der Waals surface area contributed by atoms with Crippen molar-refractivity contribution < 1.29 is 14.3 Å². The Morgan fingerprint density at radius 3 is 2.64 bits per heavy atom. The highest BCUT2D eigenvalue weighted by atomic mass is 16.6. The molecule has 2 fully saturated rings. The molecule has 3 amide bonds. The highest BCUT2D eigenvalue weighted by Crippen LogP contribution is 2.22. The van der Waals surface area contributed by atoms with Gasteiger partial charge in [0.25, 0.3) is 0 Å². The van der Waals surface area contributed by atoms with Crippen LogP contribution in [0.3, 0.4) is 0 Å². The van der Waals surface area contributed by atoms with Gasteiger partial charge in [-0.15, -0.1) is 0 Å². The number of rotatable bonds is 5. The molecule has 3 aromatic rings. The minimum Gasteiger partial charge on any atom is -0.446 e. The van der Waals surface area contributed by atoms with Gasteiger partial charge in [-0.3, -0.25) is 10.6 Å². The van der Waals surface area contributed by atoms with Gasteiger partial charge in [-0.2, -0.15) is 4.98 Å². The number of fused-ring (bicyclic) bond motifs is 1. The van der Waals surface area contributed by atoms with Crippen molar-refractivity contribution in [2.45, 2.75) is 44.8 Å². The molecule has 0 radical (unpaired) electrons. The Morgan fingerprint density at radius 2 is 1.82 bits per heavy atom. The van der Waals surface area contributed by atoms with E-state index in [-0.39, 0.29) is 18.2 Å². The molecule has 0 unspecified atom stereocenters. The van der Waals surface area contributed by atoms with Crippen LogP contribution < -0.4 is 15.5 Å². The second kappa shape index (κ2) is 11.8. The molecular weight excluding hydrogens is 496 g/mol. The number of likely N-dealkylation sites (tertiary alicyclic amines) is 1. The Bertz CT molecular complexity index is 1330. The fourth-order valence-corrected chi connectivity index (χ4v) is 5.10. The number of nitrogens with zero attached hydrogens (tertiary/aromatic N) is 6. The van der Waals surface area contributed by atoms with E-state index in [0.29, 0.717) is 24.1 Å². The van der Waals surface area contributed by atoms with E-state index in [0.717, 1.165) is 56.1 Å². The summed E-state index contributed by atoms with van der Waals surface area (Å²) in [5, 5.41) is 7.73. The number of hydrogen-bond acceptors (Lipinski definition) is 8. The minimum absolute atomic E-state index is 0.0310. The van der Waals surface area contributed by atoms with Crippen molar-refractivity contribution in [1.82, 2.24) is 24.8 Å². The third-order valence-electron chi connectivity index (χ3n) is 7.47. The lowest BCUT2D eigenvalue weighted by Gasteiger charge is -2.37. The lowest BCUT2D eigenvalue weighted by atomic mass is 10.1. The number of piperidine rings is 2. The molecule has 2 N–H and O–H groups in total. The number of aryl methyl sites for hydroxylation is 1. The second-order valence-electron chi connectivity index (χ2n) is 10.5. The number of ether oxygens (including phenoxy) is 1. The lowest BCUT2D eigenvalue weighted by molar-refractivity contribution is 0.0661. The van der Waals surface area contributed by atoms with Crippen molar-refractivity contribution in [3.63, 3.8) is 0 Å². The average molecular weight is 533 g/mol. The number of anilines is 3. The number of urea groups is 1. The molecule has 11 heteroatoms. The smallest absolute Gasteiger partial charge is 0.413 e. The zero-order valence-electron chi connectivity index (χ0n) is 22.8. The maximum absolute atomic E-state index is 13.1. The van der Waals surface area contributed by atoms with Gasteiger partial charge in [0.15, 0.2) is 0 Å². The Labute approximate surface area is 228 Å². The zero-order valence-corrected chi connectivity index (χ0v) is 22.8. The molecule has 2 aliphatic heterocycles. The first-order valence-electron chi connectivity index (χ1n) is 13.5. The van der Waals surface area contributed by atoms with E-state index >= 15 is 0 Å². The molecule has 206 valence electrons. The summed E-state index contributed by atoms with van der Waals surface area (Å²) < 4.78 is 5.57. The SMILES string of the molecule is Cc1ccc2cc(NC(=O)N(C)[C@@H]3CCCN(c4nccc(NC(=O)OC5CCN(C)CC5)n4)C3)ncc2c1. The maximum atomic E-state index is 13.1. The van der Waals surface area contributed by atoms with E-state index in [9.17, 15) is 9.59 Å².